The van der Waals surface area contributed by atoms with E-state index in [1.54, 1.807) is 13.0 Å². The maximum Gasteiger partial charge on any atom is 0.298 e. The molecule has 1 saturated heterocycles. The molecule has 1 aliphatic rings. The van der Waals surface area contributed by atoms with Crippen LogP contribution in [0.3, 0.4) is 0 Å². The van der Waals surface area contributed by atoms with Gasteiger partial charge in [-0.25, -0.2) is 9.97 Å². The minimum atomic E-state index is -0.0248. The van der Waals surface area contributed by atoms with E-state index < -0.39 is 0 Å². The van der Waals surface area contributed by atoms with Crippen molar-refractivity contribution in [1.29, 1.82) is 5.26 Å². The van der Waals surface area contributed by atoms with Crippen molar-refractivity contribution < 1.29 is 14.6 Å². The molecule has 2 aromatic heterocycles. The third-order valence-corrected chi connectivity index (χ3v) is 5.07. The molecule has 9 nitrogen and oxygen atoms in total. The number of aliphatic hydroxyl groups is 1. The Bertz CT molecular complexity index is 1050. The molecule has 1 atom stereocenters. The second kappa shape index (κ2) is 8.03. The Labute approximate surface area is 167 Å². The van der Waals surface area contributed by atoms with E-state index in [0.717, 1.165) is 31.5 Å². The number of phenolic OH excluding ortho intramolecular Hbond substituents is 1. The van der Waals surface area contributed by atoms with E-state index in [4.69, 9.17) is 14.8 Å². The molecule has 0 radical (unpaired) electrons. The van der Waals surface area contributed by atoms with Crippen molar-refractivity contribution in [3.8, 4) is 23.1 Å². The number of nitrogens with zero attached hydrogens (tertiary/aromatic N) is 5. The molecular weight excluding hydrogens is 372 g/mol. The smallest absolute Gasteiger partial charge is 0.298 e. The molecule has 9 heteroatoms. The number of fused-ring (bicyclic) bond motifs is 1. The predicted octanol–water partition coefficient (Wildman–Crippen LogP) is 2.04. The van der Waals surface area contributed by atoms with Gasteiger partial charge < -0.3 is 19.9 Å². The van der Waals surface area contributed by atoms with Gasteiger partial charge in [-0.15, -0.1) is 0 Å². The van der Waals surface area contributed by atoms with Crippen molar-refractivity contribution >= 4 is 17.4 Å². The fourth-order valence-corrected chi connectivity index (χ4v) is 3.76. The van der Waals surface area contributed by atoms with Gasteiger partial charge in [-0.05, 0) is 44.0 Å². The molecule has 1 aliphatic heterocycles. The van der Waals surface area contributed by atoms with Crippen LogP contribution < -0.4 is 5.32 Å². The summed E-state index contributed by atoms with van der Waals surface area (Å²) in [5.41, 5.74) is 2.74. The number of aliphatic hydroxyl groups excluding tert-OH is 1. The van der Waals surface area contributed by atoms with E-state index in [0.29, 0.717) is 40.7 Å². The van der Waals surface area contributed by atoms with E-state index in [1.807, 2.05) is 6.07 Å². The summed E-state index contributed by atoms with van der Waals surface area (Å²) in [7, 11) is 0. The summed E-state index contributed by atoms with van der Waals surface area (Å²) in [6.07, 6.45) is 3.55. The Hall–Kier alpha value is -3.22. The van der Waals surface area contributed by atoms with Gasteiger partial charge in [0.2, 0.25) is 5.65 Å². The van der Waals surface area contributed by atoms with Gasteiger partial charge >= 0.3 is 0 Å². The number of rotatable bonds is 5. The molecule has 29 heavy (non-hydrogen) atoms. The van der Waals surface area contributed by atoms with E-state index in [1.165, 1.54) is 12.3 Å². The summed E-state index contributed by atoms with van der Waals surface area (Å²) in [5, 5.41) is 31.8. The number of β-amino-alcohol motifs (C(OH)–C–C–N with tert-alkyl or cyclic N) is 1. The zero-order valence-corrected chi connectivity index (χ0v) is 16.1. The van der Waals surface area contributed by atoms with Crippen LogP contribution in [-0.4, -0.2) is 62.3 Å². The fourth-order valence-electron chi connectivity index (χ4n) is 3.76. The normalized spacial score (nSPS) is 17.3. The number of aromatic nitrogens is 3. The summed E-state index contributed by atoms with van der Waals surface area (Å²) >= 11 is 0. The average Bonchev–Trinajstić information content (AvgIpc) is 3.09. The van der Waals surface area contributed by atoms with Gasteiger partial charge in [0, 0.05) is 24.7 Å². The summed E-state index contributed by atoms with van der Waals surface area (Å²) in [6, 6.07) is 5.65. The third kappa shape index (κ3) is 3.99. The van der Waals surface area contributed by atoms with Gasteiger partial charge in [0.25, 0.3) is 11.7 Å². The lowest BCUT2D eigenvalue weighted by Gasteiger charge is -2.32. The first kappa shape index (κ1) is 19.1. The minimum Gasteiger partial charge on any atom is -0.507 e. The number of phenols is 1. The molecule has 0 amide bonds. The Balaban J connectivity index is 1.58. The van der Waals surface area contributed by atoms with Crippen LogP contribution in [-0.2, 0) is 0 Å². The molecule has 0 spiro atoms. The quantitative estimate of drug-likeness (QED) is 0.595. The Morgan fingerprint density at radius 2 is 2.24 bits per heavy atom. The van der Waals surface area contributed by atoms with Gasteiger partial charge in [0.15, 0.2) is 0 Å². The summed E-state index contributed by atoms with van der Waals surface area (Å²) in [4.78, 5) is 15.4. The highest BCUT2D eigenvalue weighted by Crippen LogP contribution is 2.33. The zero-order chi connectivity index (χ0) is 20.4. The monoisotopic (exact) mass is 394 g/mol. The molecule has 3 aromatic rings. The molecule has 0 bridgehead atoms. The number of aryl methyl sites for hydroxylation is 1. The molecule has 0 aliphatic carbocycles. The van der Waals surface area contributed by atoms with Crippen LogP contribution in [0.1, 0.15) is 24.0 Å². The maximum absolute atomic E-state index is 10.3. The van der Waals surface area contributed by atoms with Gasteiger partial charge in [-0.2, -0.15) is 10.2 Å². The largest absolute Gasteiger partial charge is 0.507 e. The summed E-state index contributed by atoms with van der Waals surface area (Å²) in [5.74, 6) is -0.0248. The first-order valence-electron chi connectivity index (χ1n) is 9.55. The number of likely N-dealkylation sites (tertiary alicyclic amines) is 1. The van der Waals surface area contributed by atoms with E-state index in [9.17, 15) is 5.11 Å². The van der Waals surface area contributed by atoms with Gasteiger partial charge in [-0.3, -0.25) is 4.90 Å². The Kier molecular flexibility index (Phi) is 5.29. The van der Waals surface area contributed by atoms with Crippen LogP contribution in [0.5, 0.6) is 5.75 Å². The van der Waals surface area contributed by atoms with Crippen molar-refractivity contribution in [2.24, 2.45) is 0 Å². The number of hydrogen-bond donors (Lipinski definition) is 3. The molecule has 1 fully saturated rings. The predicted molar refractivity (Wildman–Crippen MR) is 106 cm³/mol. The Morgan fingerprint density at radius 1 is 1.38 bits per heavy atom. The average molecular weight is 394 g/mol. The number of nitriles is 1. The highest BCUT2D eigenvalue weighted by Gasteiger charge is 2.22. The number of hydrogen-bond acceptors (Lipinski definition) is 9. The molecule has 4 rings (SSSR count). The number of piperidine rings is 1. The third-order valence-electron chi connectivity index (χ3n) is 5.07. The van der Waals surface area contributed by atoms with E-state index >= 15 is 0 Å². The topological polar surface area (TPSA) is 131 Å². The molecule has 150 valence electrons. The molecule has 0 saturated carbocycles. The van der Waals surface area contributed by atoms with Crippen molar-refractivity contribution in [1.82, 2.24) is 19.9 Å². The van der Waals surface area contributed by atoms with Gasteiger partial charge in [0.1, 0.15) is 5.75 Å². The van der Waals surface area contributed by atoms with Crippen LogP contribution in [0.25, 0.3) is 22.6 Å². The first-order chi connectivity index (χ1) is 14.1. The number of benzene rings is 1. The number of nitrogens with one attached hydrogen (secondary N) is 1. The van der Waals surface area contributed by atoms with E-state index in [-0.39, 0.29) is 18.4 Å². The lowest BCUT2D eigenvalue weighted by molar-refractivity contribution is 0.166. The van der Waals surface area contributed by atoms with Crippen LogP contribution >= 0.6 is 0 Å². The standard InChI is InChI=1S/C20H22N6O3/c1-12-7-13(9-21)8-16(28)17(12)15-10-22-19-18(24-15)25-20(29-19)23-14-3-2-4-26(11-14)5-6-27/h7-8,10,14,27-28H,2-6,11H2,1H3,(H,23,24,25)/t14-/m1/s1. The Morgan fingerprint density at radius 3 is 3.00 bits per heavy atom. The summed E-state index contributed by atoms with van der Waals surface area (Å²) < 4.78 is 5.68. The lowest BCUT2D eigenvalue weighted by atomic mass is 10.0. The molecular formula is C20H22N6O3. The molecule has 3 heterocycles. The van der Waals surface area contributed by atoms with Crippen molar-refractivity contribution in [2.75, 3.05) is 31.6 Å². The number of aromatic hydroxyl groups is 1. The van der Waals surface area contributed by atoms with E-state index in [2.05, 4.69) is 25.2 Å². The lowest BCUT2D eigenvalue weighted by Crippen LogP contribution is -2.43. The second-order valence-corrected chi connectivity index (χ2v) is 7.21. The minimum absolute atomic E-state index is 0.0248. The number of oxazole rings is 1. The van der Waals surface area contributed by atoms with Crippen LogP contribution in [0, 0.1) is 18.3 Å². The van der Waals surface area contributed by atoms with Gasteiger partial charge in [0.05, 0.1) is 30.1 Å². The number of anilines is 1. The fraction of sp³-hybridized carbons (Fsp3) is 0.400. The second-order valence-electron chi connectivity index (χ2n) is 7.21. The maximum atomic E-state index is 10.3. The van der Waals surface area contributed by atoms with Crippen LogP contribution in [0.4, 0.5) is 6.01 Å². The first-order valence-corrected chi connectivity index (χ1v) is 9.55. The molecule has 3 N–H and O–H groups in total. The van der Waals surface area contributed by atoms with Crippen LogP contribution in [0.15, 0.2) is 22.7 Å². The SMILES string of the molecule is Cc1cc(C#N)cc(O)c1-c1cnc2oc(N[C@@H]3CCCN(CCO)C3)nc2n1. The van der Waals surface area contributed by atoms with Crippen LogP contribution in [0.2, 0.25) is 0 Å². The van der Waals surface area contributed by atoms with Crippen molar-refractivity contribution in [2.45, 2.75) is 25.8 Å². The van der Waals surface area contributed by atoms with Crippen molar-refractivity contribution in [3.05, 3.63) is 29.5 Å². The highest BCUT2D eigenvalue weighted by atomic mass is 16.4. The zero-order valence-electron chi connectivity index (χ0n) is 16.1. The van der Waals surface area contributed by atoms with Crippen molar-refractivity contribution in [3.63, 3.8) is 0 Å². The van der Waals surface area contributed by atoms with Gasteiger partial charge in [-0.1, -0.05) is 0 Å². The molecule has 0 unspecified atom stereocenters. The highest BCUT2D eigenvalue weighted by molar-refractivity contribution is 5.76. The summed E-state index contributed by atoms with van der Waals surface area (Å²) in [6.45, 7) is 4.40. The molecule has 1 aromatic carbocycles.